The van der Waals surface area contributed by atoms with Gasteiger partial charge in [-0.05, 0) is 29.9 Å². The number of aryl methyl sites for hydroxylation is 1. The van der Waals surface area contributed by atoms with Crippen molar-refractivity contribution in [2.45, 2.75) is 12.8 Å². The van der Waals surface area contributed by atoms with Gasteiger partial charge in [0.15, 0.2) is 11.5 Å². The van der Waals surface area contributed by atoms with Crippen LogP contribution >= 0.6 is 11.8 Å². The van der Waals surface area contributed by atoms with Crippen LogP contribution in [0.25, 0.3) is 0 Å². The van der Waals surface area contributed by atoms with Crippen molar-refractivity contribution in [2.24, 2.45) is 0 Å². The quantitative estimate of drug-likeness (QED) is 0.830. The number of rotatable bonds is 5. The first-order valence-electron chi connectivity index (χ1n) is 5.94. The van der Waals surface area contributed by atoms with E-state index in [0.29, 0.717) is 13.2 Å². The first-order valence-corrected chi connectivity index (χ1v) is 7.09. The molecule has 18 heavy (non-hydrogen) atoms. The molecule has 0 spiro atoms. The standard InChI is InChI=1S/C13H16O4S/c14-13(15)9-18-7-4-10-2-3-11-12(8-10)17-6-1-5-16-11/h2-3,8H,1,4-7,9H2,(H,14,15). The molecule has 0 saturated carbocycles. The summed E-state index contributed by atoms with van der Waals surface area (Å²) in [7, 11) is 0. The summed E-state index contributed by atoms with van der Waals surface area (Å²) >= 11 is 1.43. The minimum atomic E-state index is -0.765. The molecule has 1 aromatic carbocycles. The highest BCUT2D eigenvalue weighted by Gasteiger charge is 2.10. The largest absolute Gasteiger partial charge is 0.490 e. The van der Waals surface area contributed by atoms with E-state index < -0.39 is 5.97 Å². The van der Waals surface area contributed by atoms with Crippen LogP contribution in [0.2, 0.25) is 0 Å². The molecule has 0 atom stereocenters. The molecule has 0 aromatic heterocycles. The monoisotopic (exact) mass is 268 g/mol. The number of carboxylic acid groups (broad SMARTS) is 1. The topological polar surface area (TPSA) is 55.8 Å². The van der Waals surface area contributed by atoms with Gasteiger partial charge in [-0.2, -0.15) is 0 Å². The van der Waals surface area contributed by atoms with Gasteiger partial charge in [0, 0.05) is 6.42 Å². The molecule has 0 aliphatic carbocycles. The summed E-state index contributed by atoms with van der Waals surface area (Å²) in [6.45, 7) is 1.38. The van der Waals surface area contributed by atoms with Crippen molar-refractivity contribution >= 4 is 17.7 Å². The molecule has 0 fully saturated rings. The van der Waals surface area contributed by atoms with Crippen molar-refractivity contribution in [3.63, 3.8) is 0 Å². The zero-order valence-electron chi connectivity index (χ0n) is 10.1. The fourth-order valence-electron chi connectivity index (χ4n) is 1.71. The van der Waals surface area contributed by atoms with Crippen LogP contribution in [-0.2, 0) is 11.2 Å². The van der Waals surface area contributed by atoms with Crippen molar-refractivity contribution in [3.05, 3.63) is 23.8 Å². The molecule has 0 unspecified atom stereocenters. The highest BCUT2D eigenvalue weighted by molar-refractivity contribution is 7.99. The molecule has 1 aliphatic heterocycles. The number of carboxylic acids is 1. The second-order valence-electron chi connectivity index (χ2n) is 4.03. The fraction of sp³-hybridized carbons (Fsp3) is 0.462. The molecular weight excluding hydrogens is 252 g/mol. The Balaban J connectivity index is 1.89. The summed E-state index contributed by atoms with van der Waals surface area (Å²) < 4.78 is 11.2. The summed E-state index contributed by atoms with van der Waals surface area (Å²) in [6, 6.07) is 5.93. The number of hydrogen-bond donors (Lipinski definition) is 1. The maximum absolute atomic E-state index is 10.4. The Morgan fingerprint density at radius 1 is 1.28 bits per heavy atom. The number of thioether (sulfide) groups is 1. The summed E-state index contributed by atoms with van der Waals surface area (Å²) in [5.74, 6) is 1.79. The molecule has 98 valence electrons. The van der Waals surface area contributed by atoms with Crippen molar-refractivity contribution in [1.29, 1.82) is 0 Å². The second-order valence-corrected chi connectivity index (χ2v) is 5.13. The van der Waals surface area contributed by atoms with Crippen LogP contribution in [0.15, 0.2) is 18.2 Å². The van der Waals surface area contributed by atoms with Crippen molar-refractivity contribution < 1.29 is 19.4 Å². The first kappa shape index (κ1) is 13.1. The summed E-state index contributed by atoms with van der Waals surface area (Å²) in [6.07, 6.45) is 1.74. The Bertz CT molecular complexity index is 419. The number of benzene rings is 1. The van der Waals surface area contributed by atoms with Crippen LogP contribution in [0.1, 0.15) is 12.0 Å². The Labute approximate surface area is 110 Å². The van der Waals surface area contributed by atoms with E-state index in [1.54, 1.807) is 0 Å². The maximum atomic E-state index is 10.4. The minimum absolute atomic E-state index is 0.157. The van der Waals surface area contributed by atoms with Crippen LogP contribution < -0.4 is 9.47 Å². The molecule has 1 aromatic rings. The zero-order valence-corrected chi connectivity index (χ0v) is 10.9. The van der Waals surface area contributed by atoms with E-state index in [-0.39, 0.29) is 5.75 Å². The van der Waals surface area contributed by atoms with Gasteiger partial charge in [0.1, 0.15) is 0 Å². The van der Waals surface area contributed by atoms with E-state index in [2.05, 4.69) is 0 Å². The third-order valence-corrected chi connectivity index (χ3v) is 3.52. The second kappa shape index (κ2) is 6.54. The molecule has 0 saturated heterocycles. The van der Waals surface area contributed by atoms with Crippen LogP contribution in [0.5, 0.6) is 11.5 Å². The lowest BCUT2D eigenvalue weighted by atomic mass is 10.1. The average Bonchev–Trinajstić information content (AvgIpc) is 2.59. The van der Waals surface area contributed by atoms with E-state index in [9.17, 15) is 4.79 Å². The highest BCUT2D eigenvalue weighted by atomic mass is 32.2. The van der Waals surface area contributed by atoms with Crippen LogP contribution in [0.4, 0.5) is 0 Å². The Kier molecular flexibility index (Phi) is 4.75. The van der Waals surface area contributed by atoms with Crippen LogP contribution in [-0.4, -0.2) is 35.8 Å². The molecule has 1 N–H and O–H groups in total. The van der Waals surface area contributed by atoms with E-state index >= 15 is 0 Å². The van der Waals surface area contributed by atoms with Gasteiger partial charge in [0.25, 0.3) is 0 Å². The fourth-order valence-corrected chi connectivity index (χ4v) is 2.41. The summed E-state index contributed by atoms with van der Waals surface area (Å²) in [5.41, 5.74) is 1.15. The van der Waals surface area contributed by atoms with Gasteiger partial charge in [-0.1, -0.05) is 6.07 Å². The predicted octanol–water partition coefficient (Wildman–Crippen LogP) is 2.21. The SMILES string of the molecule is O=C(O)CSCCc1ccc2c(c1)OCCCO2. The van der Waals surface area contributed by atoms with Crippen LogP contribution in [0, 0.1) is 0 Å². The van der Waals surface area contributed by atoms with Crippen molar-refractivity contribution in [1.82, 2.24) is 0 Å². The lowest BCUT2D eigenvalue weighted by molar-refractivity contribution is -0.133. The molecule has 1 aliphatic rings. The predicted molar refractivity (Wildman–Crippen MR) is 70.7 cm³/mol. The number of carbonyl (C=O) groups is 1. The number of hydrogen-bond acceptors (Lipinski definition) is 4. The highest BCUT2D eigenvalue weighted by Crippen LogP contribution is 2.30. The smallest absolute Gasteiger partial charge is 0.313 e. The Morgan fingerprint density at radius 2 is 2.06 bits per heavy atom. The van der Waals surface area contributed by atoms with Gasteiger partial charge in [0.05, 0.1) is 19.0 Å². The number of aliphatic carboxylic acids is 1. The lowest BCUT2D eigenvalue weighted by Crippen LogP contribution is -2.00. The first-order chi connectivity index (χ1) is 8.75. The number of fused-ring (bicyclic) bond motifs is 1. The minimum Gasteiger partial charge on any atom is -0.490 e. The lowest BCUT2D eigenvalue weighted by Gasteiger charge is -2.09. The molecule has 0 radical (unpaired) electrons. The third kappa shape index (κ3) is 3.84. The van der Waals surface area contributed by atoms with Gasteiger partial charge in [0.2, 0.25) is 0 Å². The van der Waals surface area contributed by atoms with Gasteiger partial charge >= 0.3 is 5.97 Å². The maximum Gasteiger partial charge on any atom is 0.313 e. The van der Waals surface area contributed by atoms with E-state index in [1.807, 2.05) is 18.2 Å². The molecule has 0 bridgehead atoms. The molecule has 2 rings (SSSR count). The average molecular weight is 268 g/mol. The van der Waals surface area contributed by atoms with Gasteiger partial charge in [-0.3, -0.25) is 4.79 Å². The normalized spacial score (nSPS) is 14.0. The van der Waals surface area contributed by atoms with Gasteiger partial charge in [-0.15, -0.1) is 11.8 Å². The summed E-state index contributed by atoms with van der Waals surface area (Å²) in [4.78, 5) is 10.4. The molecular formula is C13H16O4S. The molecule has 4 nitrogen and oxygen atoms in total. The third-order valence-electron chi connectivity index (χ3n) is 2.57. The van der Waals surface area contributed by atoms with E-state index in [1.165, 1.54) is 11.8 Å². The number of ether oxygens (including phenoxy) is 2. The van der Waals surface area contributed by atoms with Crippen molar-refractivity contribution in [3.8, 4) is 11.5 Å². The molecule has 5 heteroatoms. The van der Waals surface area contributed by atoms with Gasteiger partial charge < -0.3 is 14.6 Å². The van der Waals surface area contributed by atoms with Gasteiger partial charge in [-0.25, -0.2) is 0 Å². The Morgan fingerprint density at radius 3 is 2.83 bits per heavy atom. The molecule has 1 heterocycles. The van der Waals surface area contributed by atoms with Crippen molar-refractivity contribution in [2.75, 3.05) is 24.7 Å². The van der Waals surface area contributed by atoms with E-state index in [0.717, 1.165) is 35.7 Å². The van der Waals surface area contributed by atoms with E-state index in [4.69, 9.17) is 14.6 Å². The van der Waals surface area contributed by atoms with Crippen LogP contribution in [0.3, 0.4) is 0 Å². The summed E-state index contributed by atoms with van der Waals surface area (Å²) in [5, 5.41) is 8.54. The Hall–Kier alpha value is -1.36. The zero-order chi connectivity index (χ0) is 12.8. The molecule has 0 amide bonds.